The fourth-order valence-corrected chi connectivity index (χ4v) is 1.57. The zero-order valence-corrected chi connectivity index (χ0v) is 10.4. The van der Waals surface area contributed by atoms with Crippen molar-refractivity contribution < 1.29 is 4.52 Å². The third kappa shape index (κ3) is 2.65. The fourth-order valence-electron chi connectivity index (χ4n) is 1.21. The predicted molar refractivity (Wildman–Crippen MR) is 62.6 cm³/mol. The second-order valence-corrected chi connectivity index (χ2v) is 4.10. The summed E-state index contributed by atoms with van der Waals surface area (Å²) in [5, 5.41) is 7.00. The molecule has 2 heterocycles. The van der Waals surface area contributed by atoms with E-state index in [4.69, 9.17) is 4.52 Å². The lowest BCUT2D eigenvalue weighted by molar-refractivity contribution is 0.419. The molecular weight excluding hydrogens is 272 g/mol. The lowest BCUT2D eigenvalue weighted by atomic mass is 10.3. The van der Waals surface area contributed by atoms with E-state index in [9.17, 15) is 0 Å². The lowest BCUT2D eigenvalue weighted by Gasteiger charge is -1.94. The van der Waals surface area contributed by atoms with Crippen molar-refractivity contribution in [1.82, 2.24) is 20.4 Å². The van der Waals surface area contributed by atoms with Gasteiger partial charge >= 0.3 is 0 Å². The fraction of sp³-hybridized carbons (Fsp3) is 0.300. The molecule has 0 atom stereocenters. The first-order chi connectivity index (χ1) is 7.79. The summed E-state index contributed by atoms with van der Waals surface area (Å²) < 4.78 is 6.03. The minimum absolute atomic E-state index is 0.488. The maximum Gasteiger partial charge on any atom is 0.259 e. The van der Waals surface area contributed by atoms with Gasteiger partial charge in [0.15, 0.2) is 5.82 Å². The van der Waals surface area contributed by atoms with Gasteiger partial charge in [0.2, 0.25) is 0 Å². The number of nitrogens with zero attached hydrogens (tertiary/aromatic N) is 3. The monoisotopic (exact) mass is 282 g/mol. The van der Waals surface area contributed by atoms with Crippen LogP contribution in [0.4, 0.5) is 0 Å². The van der Waals surface area contributed by atoms with E-state index in [-0.39, 0.29) is 0 Å². The van der Waals surface area contributed by atoms with Crippen LogP contribution in [0, 0.1) is 0 Å². The minimum atomic E-state index is 0.488. The van der Waals surface area contributed by atoms with Crippen molar-refractivity contribution >= 4 is 15.9 Å². The zero-order valence-electron chi connectivity index (χ0n) is 8.77. The number of nitrogens with one attached hydrogen (secondary N) is 1. The molecule has 0 aliphatic carbocycles. The Morgan fingerprint density at radius 2 is 2.31 bits per heavy atom. The Balaban J connectivity index is 2.18. The van der Waals surface area contributed by atoms with Crippen molar-refractivity contribution in [3.8, 4) is 11.5 Å². The topological polar surface area (TPSA) is 63.8 Å². The summed E-state index contributed by atoms with van der Waals surface area (Å²) in [4.78, 5) is 8.30. The van der Waals surface area contributed by atoms with Gasteiger partial charge in [0.25, 0.3) is 5.89 Å². The molecule has 2 aromatic rings. The molecule has 6 heteroatoms. The van der Waals surface area contributed by atoms with Crippen LogP contribution in [0.15, 0.2) is 27.5 Å². The number of aromatic nitrogens is 3. The highest BCUT2D eigenvalue weighted by molar-refractivity contribution is 9.10. The second-order valence-electron chi connectivity index (χ2n) is 3.19. The SMILES string of the molecule is CCNCc1noc(-c2cncc(Br)c2)n1. The molecule has 84 valence electrons. The number of hydrogen-bond donors (Lipinski definition) is 1. The highest BCUT2D eigenvalue weighted by Crippen LogP contribution is 2.19. The Morgan fingerprint density at radius 3 is 3.06 bits per heavy atom. The molecule has 5 nitrogen and oxygen atoms in total. The highest BCUT2D eigenvalue weighted by atomic mass is 79.9. The van der Waals surface area contributed by atoms with E-state index in [0.29, 0.717) is 18.3 Å². The molecular formula is C10H11BrN4O. The molecule has 0 amide bonds. The predicted octanol–water partition coefficient (Wildman–Crippen LogP) is 2.00. The van der Waals surface area contributed by atoms with Gasteiger partial charge in [0, 0.05) is 16.9 Å². The summed E-state index contributed by atoms with van der Waals surface area (Å²) in [5.41, 5.74) is 0.810. The first-order valence-corrected chi connectivity index (χ1v) is 5.73. The van der Waals surface area contributed by atoms with E-state index in [1.165, 1.54) is 0 Å². The van der Waals surface area contributed by atoms with Crippen LogP contribution in [0.1, 0.15) is 12.7 Å². The van der Waals surface area contributed by atoms with Gasteiger partial charge in [-0.2, -0.15) is 4.98 Å². The first-order valence-electron chi connectivity index (χ1n) is 4.94. The summed E-state index contributed by atoms with van der Waals surface area (Å²) >= 11 is 3.34. The van der Waals surface area contributed by atoms with Gasteiger partial charge in [0.05, 0.1) is 12.1 Å². The standard InChI is InChI=1S/C10H11BrN4O/c1-2-12-6-9-14-10(16-15-9)7-3-8(11)5-13-4-7/h3-5,12H,2,6H2,1H3. The Bertz CT molecular complexity index is 471. The maximum absolute atomic E-state index is 5.14. The van der Waals surface area contributed by atoms with Crippen molar-refractivity contribution in [2.75, 3.05) is 6.54 Å². The Morgan fingerprint density at radius 1 is 1.44 bits per heavy atom. The average molecular weight is 283 g/mol. The number of hydrogen-bond acceptors (Lipinski definition) is 5. The van der Waals surface area contributed by atoms with Crippen LogP contribution in [-0.4, -0.2) is 21.7 Å². The van der Waals surface area contributed by atoms with Crippen LogP contribution in [0.2, 0.25) is 0 Å². The van der Waals surface area contributed by atoms with Gasteiger partial charge in [-0.15, -0.1) is 0 Å². The molecule has 0 bridgehead atoms. The lowest BCUT2D eigenvalue weighted by Crippen LogP contribution is -2.12. The number of pyridine rings is 1. The van der Waals surface area contributed by atoms with Crippen LogP contribution < -0.4 is 5.32 Å². The Labute approximate surface area is 101 Å². The van der Waals surface area contributed by atoms with Gasteiger partial charge in [-0.1, -0.05) is 12.1 Å². The summed E-state index contributed by atoms with van der Waals surface area (Å²) in [7, 11) is 0. The van der Waals surface area contributed by atoms with Crippen LogP contribution in [-0.2, 0) is 6.54 Å². The van der Waals surface area contributed by atoms with Crippen molar-refractivity contribution in [2.45, 2.75) is 13.5 Å². The highest BCUT2D eigenvalue weighted by Gasteiger charge is 2.08. The maximum atomic E-state index is 5.14. The molecule has 0 fully saturated rings. The molecule has 2 aromatic heterocycles. The molecule has 0 aliphatic rings. The normalized spacial score (nSPS) is 10.6. The molecule has 0 saturated heterocycles. The molecule has 1 N–H and O–H groups in total. The van der Waals surface area contributed by atoms with Crippen molar-refractivity contribution in [3.63, 3.8) is 0 Å². The van der Waals surface area contributed by atoms with Gasteiger partial charge in [-0.05, 0) is 28.5 Å². The van der Waals surface area contributed by atoms with Crippen molar-refractivity contribution in [1.29, 1.82) is 0 Å². The molecule has 2 rings (SSSR count). The van der Waals surface area contributed by atoms with Crippen LogP contribution in [0.5, 0.6) is 0 Å². The van der Waals surface area contributed by atoms with Crippen LogP contribution in [0.25, 0.3) is 11.5 Å². The number of halogens is 1. The van der Waals surface area contributed by atoms with Gasteiger partial charge in [0.1, 0.15) is 0 Å². The van der Waals surface area contributed by atoms with Crippen LogP contribution in [0.3, 0.4) is 0 Å². The van der Waals surface area contributed by atoms with E-state index in [1.807, 2.05) is 13.0 Å². The quantitative estimate of drug-likeness (QED) is 0.929. The minimum Gasteiger partial charge on any atom is -0.334 e. The van der Waals surface area contributed by atoms with Crippen molar-refractivity contribution in [3.05, 3.63) is 28.8 Å². The van der Waals surface area contributed by atoms with E-state index in [1.54, 1.807) is 12.4 Å². The summed E-state index contributed by atoms with van der Waals surface area (Å²) in [5.74, 6) is 1.14. The Kier molecular flexibility index (Phi) is 3.63. The molecule has 16 heavy (non-hydrogen) atoms. The van der Waals surface area contributed by atoms with E-state index >= 15 is 0 Å². The number of rotatable bonds is 4. The van der Waals surface area contributed by atoms with Crippen molar-refractivity contribution in [2.24, 2.45) is 0 Å². The largest absolute Gasteiger partial charge is 0.334 e. The van der Waals surface area contributed by atoms with Gasteiger partial charge < -0.3 is 9.84 Å². The summed E-state index contributed by atoms with van der Waals surface area (Å²) in [6, 6.07) is 1.89. The van der Waals surface area contributed by atoms with Crippen LogP contribution >= 0.6 is 15.9 Å². The zero-order chi connectivity index (χ0) is 11.4. The smallest absolute Gasteiger partial charge is 0.259 e. The second kappa shape index (κ2) is 5.18. The average Bonchev–Trinajstić information content (AvgIpc) is 2.75. The molecule has 0 aromatic carbocycles. The Hall–Kier alpha value is -1.27. The van der Waals surface area contributed by atoms with E-state index < -0.39 is 0 Å². The molecule has 0 aliphatic heterocycles. The molecule has 0 spiro atoms. The first kappa shape index (κ1) is 11.2. The van der Waals surface area contributed by atoms with Gasteiger partial charge in [-0.3, -0.25) is 4.98 Å². The van der Waals surface area contributed by atoms with Gasteiger partial charge in [-0.25, -0.2) is 0 Å². The summed E-state index contributed by atoms with van der Waals surface area (Å²) in [6.07, 6.45) is 3.40. The molecule has 0 saturated carbocycles. The van der Waals surface area contributed by atoms with E-state index in [2.05, 4.69) is 36.4 Å². The third-order valence-electron chi connectivity index (χ3n) is 1.95. The summed E-state index contributed by atoms with van der Waals surface area (Å²) in [6.45, 7) is 3.52. The molecule has 0 radical (unpaired) electrons. The van der Waals surface area contributed by atoms with E-state index in [0.717, 1.165) is 16.6 Å². The molecule has 0 unspecified atom stereocenters. The third-order valence-corrected chi connectivity index (χ3v) is 2.39.